The molecule has 126 valence electrons. The third-order valence-electron chi connectivity index (χ3n) is 3.56. The van der Waals surface area contributed by atoms with Gasteiger partial charge in [0.1, 0.15) is 5.75 Å². The fourth-order valence-electron chi connectivity index (χ4n) is 2.31. The number of cyclic esters (lactones) is 1. The summed E-state index contributed by atoms with van der Waals surface area (Å²) in [6.45, 7) is 1.75. The largest absolute Gasteiger partial charge is 0.484 e. The van der Waals surface area contributed by atoms with Gasteiger partial charge in [-0.15, -0.1) is 0 Å². The van der Waals surface area contributed by atoms with Crippen molar-refractivity contribution in [3.63, 3.8) is 0 Å². The second-order valence-corrected chi connectivity index (χ2v) is 5.47. The van der Waals surface area contributed by atoms with Crippen LogP contribution in [0, 0.1) is 6.92 Å². The van der Waals surface area contributed by atoms with Crippen molar-refractivity contribution in [2.24, 2.45) is 10.7 Å². The molecule has 2 N–H and O–H groups in total. The first-order valence-corrected chi connectivity index (χ1v) is 7.62. The van der Waals surface area contributed by atoms with E-state index in [1.54, 1.807) is 30.3 Å². The number of nitrogens with two attached hydrogens (primary N) is 1. The quantitative estimate of drug-likeness (QED) is 0.669. The molecule has 0 bridgehead atoms. The van der Waals surface area contributed by atoms with Gasteiger partial charge in [-0.25, -0.2) is 9.79 Å². The van der Waals surface area contributed by atoms with Gasteiger partial charge in [-0.05, 0) is 42.3 Å². The Morgan fingerprint density at radius 2 is 1.92 bits per heavy atom. The molecule has 0 spiro atoms. The van der Waals surface area contributed by atoms with Crippen LogP contribution in [0.2, 0.25) is 0 Å². The molecule has 1 heterocycles. The molecule has 1 aliphatic heterocycles. The second kappa shape index (κ2) is 7.00. The first-order chi connectivity index (χ1) is 12.0. The minimum absolute atomic E-state index is 0.184. The summed E-state index contributed by atoms with van der Waals surface area (Å²) in [5, 5.41) is 0. The van der Waals surface area contributed by atoms with Crippen molar-refractivity contribution in [2.75, 3.05) is 6.61 Å². The molecular formula is C19H16N2O4. The molecule has 6 nitrogen and oxygen atoms in total. The lowest BCUT2D eigenvalue weighted by Crippen LogP contribution is -2.19. The Hall–Kier alpha value is -3.41. The van der Waals surface area contributed by atoms with E-state index in [-0.39, 0.29) is 12.3 Å². The Morgan fingerprint density at radius 3 is 2.60 bits per heavy atom. The van der Waals surface area contributed by atoms with E-state index < -0.39 is 11.9 Å². The molecule has 25 heavy (non-hydrogen) atoms. The fourth-order valence-corrected chi connectivity index (χ4v) is 2.31. The van der Waals surface area contributed by atoms with Gasteiger partial charge in [-0.2, -0.15) is 0 Å². The standard InChI is InChI=1S/C19H16N2O4/c1-12-4-2-3-5-15(12)18-21-16(19(23)25-18)10-13-6-8-14(9-7-13)24-11-17(20)22/h2-10H,11H2,1H3,(H2,20,22)/b16-10+. The van der Waals surface area contributed by atoms with Crippen molar-refractivity contribution in [1.82, 2.24) is 0 Å². The topological polar surface area (TPSA) is 91.0 Å². The third-order valence-corrected chi connectivity index (χ3v) is 3.56. The van der Waals surface area contributed by atoms with E-state index in [4.69, 9.17) is 15.2 Å². The number of aliphatic imine (C=N–C) groups is 1. The van der Waals surface area contributed by atoms with Crippen molar-refractivity contribution >= 4 is 23.9 Å². The number of esters is 1. The summed E-state index contributed by atoms with van der Waals surface area (Å²) in [5.41, 5.74) is 7.77. The molecule has 3 rings (SSSR count). The molecule has 2 aromatic carbocycles. The SMILES string of the molecule is Cc1ccccc1C1=N/C(=C/c2ccc(OCC(N)=O)cc2)C(=O)O1. The Morgan fingerprint density at radius 1 is 1.20 bits per heavy atom. The highest BCUT2D eigenvalue weighted by Crippen LogP contribution is 2.21. The summed E-state index contributed by atoms with van der Waals surface area (Å²) in [6.07, 6.45) is 1.63. The first-order valence-electron chi connectivity index (χ1n) is 7.62. The third kappa shape index (κ3) is 3.92. The molecule has 2 aromatic rings. The molecule has 0 saturated carbocycles. The smallest absolute Gasteiger partial charge is 0.363 e. The van der Waals surface area contributed by atoms with E-state index in [0.29, 0.717) is 11.6 Å². The second-order valence-electron chi connectivity index (χ2n) is 5.47. The molecule has 0 aliphatic carbocycles. The lowest BCUT2D eigenvalue weighted by atomic mass is 10.1. The Kier molecular flexibility index (Phi) is 4.61. The zero-order valence-corrected chi connectivity index (χ0v) is 13.6. The summed E-state index contributed by atoms with van der Waals surface area (Å²) in [4.78, 5) is 27.0. The minimum atomic E-state index is -0.544. The van der Waals surface area contributed by atoms with Gasteiger partial charge in [0.25, 0.3) is 5.91 Å². The summed E-state index contributed by atoms with van der Waals surface area (Å²) in [6, 6.07) is 14.4. The number of aryl methyl sites for hydroxylation is 1. The van der Waals surface area contributed by atoms with E-state index in [9.17, 15) is 9.59 Å². The zero-order chi connectivity index (χ0) is 17.8. The van der Waals surface area contributed by atoms with E-state index in [0.717, 1.165) is 16.7 Å². The first kappa shape index (κ1) is 16.4. The van der Waals surface area contributed by atoms with Crippen molar-refractivity contribution < 1.29 is 19.1 Å². The van der Waals surface area contributed by atoms with Crippen LogP contribution in [0.4, 0.5) is 0 Å². The van der Waals surface area contributed by atoms with Crippen LogP contribution < -0.4 is 10.5 Å². The average Bonchev–Trinajstić information content (AvgIpc) is 2.95. The number of ether oxygens (including phenoxy) is 2. The number of carbonyl (C=O) groups excluding carboxylic acids is 2. The normalized spacial score (nSPS) is 15.0. The predicted octanol–water partition coefficient (Wildman–Crippen LogP) is 2.20. The van der Waals surface area contributed by atoms with E-state index in [1.807, 2.05) is 31.2 Å². The van der Waals surface area contributed by atoms with Gasteiger partial charge in [-0.1, -0.05) is 30.3 Å². The number of hydrogen-bond donors (Lipinski definition) is 1. The summed E-state index contributed by atoms with van der Waals surface area (Å²) >= 11 is 0. The van der Waals surface area contributed by atoms with Crippen LogP contribution in [0.1, 0.15) is 16.7 Å². The summed E-state index contributed by atoms with van der Waals surface area (Å²) in [5.74, 6) is -0.222. The van der Waals surface area contributed by atoms with Gasteiger partial charge < -0.3 is 15.2 Å². The average molecular weight is 336 g/mol. The highest BCUT2D eigenvalue weighted by Gasteiger charge is 2.24. The van der Waals surface area contributed by atoms with Crippen LogP contribution in [-0.4, -0.2) is 24.4 Å². The zero-order valence-electron chi connectivity index (χ0n) is 13.6. The number of nitrogens with zero attached hydrogens (tertiary/aromatic N) is 1. The number of benzene rings is 2. The van der Waals surface area contributed by atoms with E-state index in [1.165, 1.54) is 0 Å². The molecular weight excluding hydrogens is 320 g/mol. The summed E-state index contributed by atoms with van der Waals surface area (Å²) < 4.78 is 10.5. The van der Waals surface area contributed by atoms with Crippen molar-refractivity contribution in [1.29, 1.82) is 0 Å². The molecule has 0 unspecified atom stereocenters. The van der Waals surface area contributed by atoms with Gasteiger partial charge in [0.05, 0.1) is 0 Å². The van der Waals surface area contributed by atoms with Crippen molar-refractivity contribution in [3.8, 4) is 5.75 Å². The number of hydrogen-bond acceptors (Lipinski definition) is 5. The fraction of sp³-hybridized carbons (Fsp3) is 0.105. The minimum Gasteiger partial charge on any atom is -0.484 e. The van der Waals surface area contributed by atoms with Crippen molar-refractivity contribution in [3.05, 3.63) is 70.9 Å². The lowest BCUT2D eigenvalue weighted by Gasteiger charge is -2.03. The number of rotatable bonds is 5. The predicted molar refractivity (Wildman–Crippen MR) is 92.9 cm³/mol. The maximum Gasteiger partial charge on any atom is 0.363 e. The molecule has 0 atom stereocenters. The van der Waals surface area contributed by atoms with Crippen LogP contribution in [0.15, 0.2) is 59.2 Å². The summed E-state index contributed by atoms with van der Waals surface area (Å²) in [7, 11) is 0. The van der Waals surface area contributed by atoms with Crippen LogP contribution in [-0.2, 0) is 14.3 Å². The number of primary amides is 1. The molecule has 6 heteroatoms. The Balaban J connectivity index is 1.80. The maximum absolute atomic E-state index is 12.0. The monoisotopic (exact) mass is 336 g/mol. The number of carbonyl (C=O) groups is 2. The highest BCUT2D eigenvalue weighted by atomic mass is 16.6. The Labute approximate surface area is 144 Å². The van der Waals surface area contributed by atoms with Gasteiger partial charge in [0.15, 0.2) is 12.3 Å². The molecule has 0 radical (unpaired) electrons. The molecule has 0 aromatic heterocycles. The van der Waals surface area contributed by atoms with Crippen molar-refractivity contribution in [2.45, 2.75) is 6.92 Å². The van der Waals surface area contributed by atoms with Gasteiger partial charge in [-0.3, -0.25) is 4.79 Å². The van der Waals surface area contributed by atoms with Gasteiger partial charge in [0.2, 0.25) is 5.90 Å². The van der Waals surface area contributed by atoms with Gasteiger partial charge >= 0.3 is 5.97 Å². The van der Waals surface area contributed by atoms with Crippen LogP contribution in [0.3, 0.4) is 0 Å². The molecule has 0 fully saturated rings. The lowest BCUT2D eigenvalue weighted by molar-refractivity contribution is -0.130. The van der Waals surface area contributed by atoms with Crippen LogP contribution >= 0.6 is 0 Å². The molecule has 0 saturated heterocycles. The molecule has 1 aliphatic rings. The van der Waals surface area contributed by atoms with E-state index in [2.05, 4.69) is 4.99 Å². The highest BCUT2D eigenvalue weighted by molar-refractivity contribution is 6.13. The maximum atomic E-state index is 12.0. The van der Waals surface area contributed by atoms with Gasteiger partial charge in [0, 0.05) is 5.56 Å². The molecule has 1 amide bonds. The Bertz CT molecular complexity index is 883. The van der Waals surface area contributed by atoms with E-state index >= 15 is 0 Å². The van der Waals surface area contributed by atoms with Crippen LogP contribution in [0.5, 0.6) is 5.75 Å². The van der Waals surface area contributed by atoms with Crippen LogP contribution in [0.25, 0.3) is 6.08 Å². The number of amides is 1.